The number of amides is 1. The highest BCUT2D eigenvalue weighted by molar-refractivity contribution is 5.77. The van der Waals surface area contributed by atoms with E-state index in [2.05, 4.69) is 58.3 Å². The van der Waals surface area contributed by atoms with E-state index < -0.39 is 0 Å². The molecular weight excluding hydrogens is 326 g/mol. The Labute approximate surface area is 155 Å². The maximum absolute atomic E-state index is 12.6. The molecular formula is C20H28N5O+. The van der Waals surface area contributed by atoms with Gasteiger partial charge in [-0.2, -0.15) is 0 Å². The van der Waals surface area contributed by atoms with E-state index in [0.29, 0.717) is 18.5 Å². The van der Waals surface area contributed by atoms with Crippen LogP contribution in [0.1, 0.15) is 25.5 Å². The maximum atomic E-state index is 12.6. The first-order chi connectivity index (χ1) is 12.6. The topological polar surface area (TPSA) is 65.9 Å². The molecule has 2 N–H and O–H groups in total. The second-order valence-corrected chi connectivity index (χ2v) is 7.04. The van der Waals surface area contributed by atoms with Crippen molar-refractivity contribution < 1.29 is 10.1 Å². The molecule has 2 heterocycles. The van der Waals surface area contributed by atoms with Crippen molar-refractivity contribution in [3.63, 3.8) is 0 Å². The third kappa shape index (κ3) is 4.58. The Bertz CT molecular complexity index is 684. The summed E-state index contributed by atoms with van der Waals surface area (Å²) in [5.74, 6) is 1.42. The molecule has 0 spiro atoms. The van der Waals surface area contributed by atoms with Gasteiger partial charge in [0.1, 0.15) is 6.04 Å². The van der Waals surface area contributed by atoms with E-state index in [0.717, 1.165) is 32.1 Å². The minimum absolute atomic E-state index is 0.209. The lowest BCUT2D eigenvalue weighted by molar-refractivity contribution is -0.692. The molecule has 0 bridgehead atoms. The summed E-state index contributed by atoms with van der Waals surface area (Å²) in [6.45, 7) is 7.91. The van der Waals surface area contributed by atoms with Gasteiger partial charge in [0.15, 0.2) is 6.54 Å². The number of quaternary nitrogens is 1. The van der Waals surface area contributed by atoms with E-state index in [1.54, 1.807) is 12.4 Å². The number of piperazine rings is 1. The average molecular weight is 354 g/mol. The molecule has 1 saturated heterocycles. The smallest absolute Gasteiger partial charge is 0.277 e. The van der Waals surface area contributed by atoms with Gasteiger partial charge in [-0.3, -0.25) is 4.79 Å². The van der Waals surface area contributed by atoms with Crippen LogP contribution in [0.25, 0.3) is 0 Å². The Kier molecular flexibility index (Phi) is 6.17. The van der Waals surface area contributed by atoms with Gasteiger partial charge >= 0.3 is 0 Å². The minimum Gasteiger partial charge on any atom is -0.337 e. The van der Waals surface area contributed by atoms with Crippen molar-refractivity contribution in [2.75, 3.05) is 37.6 Å². The highest BCUT2D eigenvalue weighted by Crippen LogP contribution is 2.17. The lowest BCUT2D eigenvalue weighted by Crippen LogP contribution is -2.88. The number of nitrogens with zero attached hydrogens (tertiary/aromatic N) is 4. The predicted molar refractivity (Wildman–Crippen MR) is 102 cm³/mol. The molecule has 138 valence electrons. The Morgan fingerprint density at radius 3 is 2.31 bits per heavy atom. The number of nitrogens with two attached hydrogens (primary N) is 1. The summed E-state index contributed by atoms with van der Waals surface area (Å²) in [4.78, 5) is 25.3. The Morgan fingerprint density at radius 2 is 1.69 bits per heavy atom. The Morgan fingerprint density at radius 1 is 1.04 bits per heavy atom. The van der Waals surface area contributed by atoms with Crippen molar-refractivity contribution in [1.82, 2.24) is 14.9 Å². The molecule has 1 aliphatic rings. The highest BCUT2D eigenvalue weighted by Gasteiger charge is 2.25. The van der Waals surface area contributed by atoms with Gasteiger partial charge < -0.3 is 15.1 Å². The van der Waals surface area contributed by atoms with Crippen molar-refractivity contribution in [2.24, 2.45) is 5.92 Å². The monoisotopic (exact) mass is 354 g/mol. The third-order valence-electron chi connectivity index (χ3n) is 4.92. The van der Waals surface area contributed by atoms with Crippen LogP contribution >= 0.6 is 0 Å². The molecule has 2 aromatic rings. The zero-order valence-electron chi connectivity index (χ0n) is 15.6. The van der Waals surface area contributed by atoms with Crippen molar-refractivity contribution in [2.45, 2.75) is 19.9 Å². The number of aromatic nitrogens is 2. The van der Waals surface area contributed by atoms with Crippen LogP contribution in [0.3, 0.4) is 0 Å². The Balaban J connectivity index is 1.51. The number of hydrogen-bond donors (Lipinski definition) is 1. The second kappa shape index (κ2) is 8.76. The van der Waals surface area contributed by atoms with E-state index in [1.807, 2.05) is 17.0 Å². The van der Waals surface area contributed by atoms with Gasteiger partial charge in [0.25, 0.3) is 5.91 Å². The van der Waals surface area contributed by atoms with E-state index in [1.165, 1.54) is 5.56 Å². The highest BCUT2D eigenvalue weighted by atomic mass is 16.2. The zero-order chi connectivity index (χ0) is 18.4. The molecule has 0 radical (unpaired) electrons. The van der Waals surface area contributed by atoms with Gasteiger partial charge in [0, 0.05) is 50.1 Å². The van der Waals surface area contributed by atoms with Crippen LogP contribution in [0.4, 0.5) is 5.95 Å². The standard InChI is InChI=1S/C20H27N5O/c1-16(2)19(17-7-4-3-5-8-17)23-15-18(26)24-11-13-25(14-12-24)20-21-9-6-10-22-20/h3-10,16,19,23H,11-15H2,1-2H3/p+1/t19-/m1/s1. The van der Waals surface area contributed by atoms with Crippen LogP contribution in [-0.4, -0.2) is 53.5 Å². The molecule has 0 unspecified atom stereocenters. The molecule has 1 aromatic heterocycles. The van der Waals surface area contributed by atoms with Gasteiger partial charge in [-0.05, 0) is 6.07 Å². The van der Waals surface area contributed by atoms with Gasteiger partial charge in [0.05, 0.1) is 0 Å². The molecule has 1 atom stereocenters. The summed E-state index contributed by atoms with van der Waals surface area (Å²) in [5.41, 5.74) is 1.28. The molecule has 1 amide bonds. The predicted octanol–water partition coefficient (Wildman–Crippen LogP) is 1.09. The number of hydrogen-bond acceptors (Lipinski definition) is 4. The SMILES string of the molecule is CC(C)[C@@H]([NH2+]CC(=O)N1CCN(c2ncccn2)CC1)c1ccccc1. The van der Waals surface area contributed by atoms with Gasteiger partial charge in [-0.15, -0.1) is 0 Å². The van der Waals surface area contributed by atoms with E-state index in [9.17, 15) is 4.79 Å². The van der Waals surface area contributed by atoms with Gasteiger partial charge in [-0.1, -0.05) is 44.2 Å². The van der Waals surface area contributed by atoms with Crippen LogP contribution in [0.5, 0.6) is 0 Å². The lowest BCUT2D eigenvalue weighted by Gasteiger charge is -2.34. The van der Waals surface area contributed by atoms with E-state index in [-0.39, 0.29) is 5.91 Å². The molecule has 26 heavy (non-hydrogen) atoms. The van der Waals surface area contributed by atoms with Crippen molar-refractivity contribution in [3.8, 4) is 0 Å². The molecule has 6 heteroatoms. The zero-order valence-corrected chi connectivity index (χ0v) is 15.6. The van der Waals surface area contributed by atoms with Crippen LogP contribution < -0.4 is 10.2 Å². The van der Waals surface area contributed by atoms with Crippen molar-refractivity contribution in [1.29, 1.82) is 0 Å². The molecule has 0 aliphatic carbocycles. The summed E-state index contributed by atoms with van der Waals surface area (Å²) in [6, 6.07) is 12.6. The number of carbonyl (C=O) groups is 1. The first kappa shape index (κ1) is 18.3. The summed E-state index contributed by atoms with van der Waals surface area (Å²) in [6.07, 6.45) is 3.51. The normalized spacial score (nSPS) is 16.0. The van der Waals surface area contributed by atoms with Crippen molar-refractivity contribution >= 4 is 11.9 Å². The van der Waals surface area contributed by atoms with Crippen LogP contribution in [0.2, 0.25) is 0 Å². The van der Waals surface area contributed by atoms with Crippen LogP contribution in [-0.2, 0) is 4.79 Å². The first-order valence-corrected chi connectivity index (χ1v) is 9.33. The fourth-order valence-corrected chi connectivity index (χ4v) is 3.44. The molecule has 0 saturated carbocycles. The minimum atomic E-state index is 0.209. The lowest BCUT2D eigenvalue weighted by atomic mass is 9.96. The third-order valence-corrected chi connectivity index (χ3v) is 4.92. The largest absolute Gasteiger partial charge is 0.337 e. The molecule has 6 nitrogen and oxygen atoms in total. The number of carbonyl (C=O) groups excluding carboxylic acids is 1. The molecule has 3 rings (SSSR count). The molecule has 1 aliphatic heterocycles. The fourth-order valence-electron chi connectivity index (χ4n) is 3.44. The fraction of sp³-hybridized carbons (Fsp3) is 0.450. The summed E-state index contributed by atoms with van der Waals surface area (Å²) in [7, 11) is 0. The molecule has 1 aromatic carbocycles. The van der Waals surface area contributed by atoms with Crippen LogP contribution in [0, 0.1) is 5.92 Å². The van der Waals surface area contributed by atoms with Gasteiger partial charge in [-0.25, -0.2) is 9.97 Å². The second-order valence-electron chi connectivity index (χ2n) is 7.04. The first-order valence-electron chi connectivity index (χ1n) is 9.33. The van der Waals surface area contributed by atoms with E-state index in [4.69, 9.17) is 0 Å². The van der Waals surface area contributed by atoms with Crippen LogP contribution in [0.15, 0.2) is 48.8 Å². The maximum Gasteiger partial charge on any atom is 0.277 e. The summed E-state index contributed by atoms with van der Waals surface area (Å²) in [5, 5.41) is 2.18. The number of benzene rings is 1. The average Bonchev–Trinajstić information content (AvgIpc) is 2.69. The van der Waals surface area contributed by atoms with E-state index >= 15 is 0 Å². The van der Waals surface area contributed by atoms with Crippen molar-refractivity contribution in [3.05, 3.63) is 54.4 Å². The number of anilines is 1. The quantitative estimate of drug-likeness (QED) is 0.843. The molecule has 1 fully saturated rings. The Hall–Kier alpha value is -2.47. The summed E-state index contributed by atoms with van der Waals surface area (Å²) >= 11 is 0. The number of rotatable bonds is 6. The van der Waals surface area contributed by atoms with Gasteiger partial charge in [0.2, 0.25) is 5.95 Å². The summed E-state index contributed by atoms with van der Waals surface area (Å²) < 4.78 is 0.